The molecule has 0 spiro atoms. The standard InChI is InChI=1S/C16H22BrFN4O.HI/c1-20-16(21-9-12-8-13(17)4-5-14(12)18)22-6-2-3-11(10-22)7-15(19)23;/h4-5,8,11H,2-3,6-7,9-10H2,1H3,(H2,19,23)(H,20,21);1H. The van der Waals surface area contributed by atoms with E-state index >= 15 is 0 Å². The van der Waals surface area contributed by atoms with Crippen LogP contribution in [0.4, 0.5) is 4.39 Å². The number of primary amides is 1. The van der Waals surface area contributed by atoms with Gasteiger partial charge in [-0.25, -0.2) is 4.39 Å². The molecule has 1 aromatic rings. The van der Waals surface area contributed by atoms with Gasteiger partial charge >= 0.3 is 0 Å². The van der Waals surface area contributed by atoms with Gasteiger partial charge in [0.1, 0.15) is 5.82 Å². The smallest absolute Gasteiger partial charge is 0.217 e. The van der Waals surface area contributed by atoms with Gasteiger partial charge in [-0.05, 0) is 37.0 Å². The molecule has 1 aliphatic heterocycles. The second-order valence-corrected chi connectivity index (χ2v) is 6.68. The molecule has 3 N–H and O–H groups in total. The number of benzene rings is 1. The molecule has 1 fully saturated rings. The van der Waals surface area contributed by atoms with Gasteiger partial charge in [-0.3, -0.25) is 9.79 Å². The van der Waals surface area contributed by atoms with E-state index in [1.54, 1.807) is 19.2 Å². The van der Waals surface area contributed by atoms with Crippen LogP contribution in [-0.2, 0) is 11.3 Å². The first kappa shape index (κ1) is 21.1. The number of hydrogen-bond donors (Lipinski definition) is 2. The molecule has 1 atom stereocenters. The summed E-state index contributed by atoms with van der Waals surface area (Å²) in [7, 11) is 1.71. The summed E-state index contributed by atoms with van der Waals surface area (Å²) in [6.45, 7) is 1.97. The monoisotopic (exact) mass is 512 g/mol. The summed E-state index contributed by atoms with van der Waals surface area (Å²) < 4.78 is 14.6. The summed E-state index contributed by atoms with van der Waals surface area (Å²) in [4.78, 5) is 17.5. The number of likely N-dealkylation sites (tertiary alicyclic amines) is 1. The van der Waals surface area contributed by atoms with E-state index in [1.165, 1.54) is 6.07 Å². The topological polar surface area (TPSA) is 70.7 Å². The highest BCUT2D eigenvalue weighted by Crippen LogP contribution is 2.20. The van der Waals surface area contributed by atoms with Crippen LogP contribution in [0.1, 0.15) is 24.8 Å². The zero-order valence-electron chi connectivity index (χ0n) is 13.6. The van der Waals surface area contributed by atoms with Gasteiger partial charge in [-0.2, -0.15) is 0 Å². The highest BCUT2D eigenvalue weighted by Gasteiger charge is 2.23. The van der Waals surface area contributed by atoms with Crippen molar-refractivity contribution in [3.63, 3.8) is 0 Å². The number of hydrogen-bond acceptors (Lipinski definition) is 2. The van der Waals surface area contributed by atoms with E-state index < -0.39 is 0 Å². The summed E-state index contributed by atoms with van der Waals surface area (Å²) in [6, 6.07) is 4.86. The number of carbonyl (C=O) groups is 1. The summed E-state index contributed by atoms with van der Waals surface area (Å²) in [5, 5.41) is 3.20. The average Bonchev–Trinajstić information content (AvgIpc) is 2.51. The minimum Gasteiger partial charge on any atom is -0.370 e. The van der Waals surface area contributed by atoms with Crippen LogP contribution in [0.5, 0.6) is 0 Å². The third-order valence-electron chi connectivity index (χ3n) is 3.96. The van der Waals surface area contributed by atoms with Crippen molar-refractivity contribution in [2.45, 2.75) is 25.8 Å². The van der Waals surface area contributed by atoms with Gasteiger partial charge in [0.2, 0.25) is 5.91 Å². The molecular formula is C16H23BrFIN4O. The molecule has 1 aliphatic rings. The summed E-state index contributed by atoms with van der Waals surface area (Å²) in [5.74, 6) is 0.457. The van der Waals surface area contributed by atoms with Crippen molar-refractivity contribution in [2.75, 3.05) is 20.1 Å². The van der Waals surface area contributed by atoms with E-state index in [9.17, 15) is 9.18 Å². The molecule has 1 saturated heterocycles. The first-order valence-electron chi connectivity index (χ1n) is 7.67. The first-order valence-corrected chi connectivity index (χ1v) is 8.46. The average molecular weight is 513 g/mol. The molecule has 1 aromatic carbocycles. The van der Waals surface area contributed by atoms with Gasteiger partial charge in [0.15, 0.2) is 5.96 Å². The van der Waals surface area contributed by atoms with E-state index in [-0.39, 0.29) is 41.6 Å². The molecule has 1 heterocycles. The van der Waals surface area contributed by atoms with Crippen molar-refractivity contribution in [3.05, 3.63) is 34.1 Å². The van der Waals surface area contributed by atoms with E-state index in [0.717, 1.165) is 36.4 Å². The number of piperidine rings is 1. The molecule has 1 amide bonds. The van der Waals surface area contributed by atoms with E-state index in [2.05, 4.69) is 31.1 Å². The SMILES string of the molecule is CN=C(NCc1cc(Br)ccc1F)N1CCCC(CC(N)=O)C1.I. The summed E-state index contributed by atoms with van der Waals surface area (Å²) in [5.41, 5.74) is 5.87. The van der Waals surface area contributed by atoms with Crippen LogP contribution in [0.2, 0.25) is 0 Å². The predicted octanol–water partition coefficient (Wildman–Crippen LogP) is 2.87. The number of aliphatic imine (C=N–C) groups is 1. The van der Waals surface area contributed by atoms with Crippen LogP contribution in [0.15, 0.2) is 27.7 Å². The number of nitrogens with zero attached hydrogens (tertiary/aromatic N) is 2. The Balaban J connectivity index is 0.00000288. The number of halogens is 3. The fraction of sp³-hybridized carbons (Fsp3) is 0.500. The van der Waals surface area contributed by atoms with E-state index in [0.29, 0.717) is 18.5 Å². The highest BCUT2D eigenvalue weighted by atomic mass is 127. The van der Waals surface area contributed by atoms with Crippen LogP contribution in [-0.4, -0.2) is 36.9 Å². The molecule has 1 unspecified atom stereocenters. The lowest BCUT2D eigenvalue weighted by molar-refractivity contribution is -0.119. The number of carbonyl (C=O) groups excluding carboxylic acids is 1. The molecule has 134 valence electrons. The minimum atomic E-state index is -0.268. The number of guanidine groups is 1. The number of amides is 1. The molecule has 5 nitrogen and oxygen atoms in total. The molecule has 0 bridgehead atoms. The maximum Gasteiger partial charge on any atom is 0.217 e. The summed E-state index contributed by atoms with van der Waals surface area (Å²) >= 11 is 3.35. The third kappa shape index (κ3) is 6.19. The Bertz CT molecular complexity index is 599. The fourth-order valence-corrected chi connectivity index (χ4v) is 3.30. The Morgan fingerprint density at radius 2 is 2.29 bits per heavy atom. The molecular weight excluding hydrogens is 490 g/mol. The first-order chi connectivity index (χ1) is 11.0. The van der Waals surface area contributed by atoms with Crippen molar-refractivity contribution in [3.8, 4) is 0 Å². The van der Waals surface area contributed by atoms with Crippen LogP contribution in [0.25, 0.3) is 0 Å². The number of rotatable bonds is 4. The molecule has 0 radical (unpaired) electrons. The van der Waals surface area contributed by atoms with E-state index in [1.807, 2.05) is 0 Å². The third-order valence-corrected chi connectivity index (χ3v) is 4.46. The maximum atomic E-state index is 13.8. The van der Waals surface area contributed by atoms with Gasteiger partial charge in [0.25, 0.3) is 0 Å². The largest absolute Gasteiger partial charge is 0.370 e. The molecule has 0 aromatic heterocycles. The molecule has 2 rings (SSSR count). The van der Waals surface area contributed by atoms with Crippen molar-refractivity contribution in [2.24, 2.45) is 16.6 Å². The maximum absolute atomic E-state index is 13.8. The lowest BCUT2D eigenvalue weighted by atomic mass is 9.95. The van der Waals surface area contributed by atoms with Gasteiger partial charge < -0.3 is 16.0 Å². The predicted molar refractivity (Wildman–Crippen MR) is 108 cm³/mol. The van der Waals surface area contributed by atoms with Gasteiger partial charge in [0.05, 0.1) is 0 Å². The minimum absolute atomic E-state index is 0. The molecule has 0 aliphatic carbocycles. The Kier molecular flexibility index (Phi) is 8.96. The lowest BCUT2D eigenvalue weighted by Crippen LogP contribution is -2.47. The van der Waals surface area contributed by atoms with Crippen LogP contribution >= 0.6 is 39.9 Å². The zero-order valence-corrected chi connectivity index (χ0v) is 17.5. The quantitative estimate of drug-likeness (QED) is 0.370. The molecule has 24 heavy (non-hydrogen) atoms. The van der Waals surface area contributed by atoms with Crippen molar-refractivity contribution >= 4 is 51.8 Å². The molecule has 8 heteroatoms. The van der Waals surface area contributed by atoms with Crippen molar-refractivity contribution in [1.29, 1.82) is 0 Å². The van der Waals surface area contributed by atoms with E-state index in [4.69, 9.17) is 5.73 Å². The highest BCUT2D eigenvalue weighted by molar-refractivity contribution is 14.0. The summed E-state index contributed by atoms with van der Waals surface area (Å²) in [6.07, 6.45) is 2.38. The second-order valence-electron chi connectivity index (χ2n) is 5.76. The van der Waals surface area contributed by atoms with Gasteiger partial charge in [-0.1, -0.05) is 15.9 Å². The van der Waals surface area contributed by atoms with Crippen molar-refractivity contribution < 1.29 is 9.18 Å². The Morgan fingerprint density at radius 1 is 1.54 bits per heavy atom. The number of nitrogens with one attached hydrogen (secondary N) is 1. The second kappa shape index (κ2) is 10.2. The fourth-order valence-electron chi connectivity index (χ4n) is 2.89. The zero-order chi connectivity index (χ0) is 16.8. The Hall–Kier alpha value is -0.900. The lowest BCUT2D eigenvalue weighted by Gasteiger charge is -2.34. The Labute approximate surface area is 167 Å². The van der Waals surface area contributed by atoms with Crippen LogP contribution in [0.3, 0.4) is 0 Å². The van der Waals surface area contributed by atoms with Gasteiger partial charge in [0, 0.05) is 43.1 Å². The van der Waals surface area contributed by atoms with Gasteiger partial charge in [-0.15, -0.1) is 24.0 Å². The van der Waals surface area contributed by atoms with Crippen molar-refractivity contribution in [1.82, 2.24) is 10.2 Å². The van der Waals surface area contributed by atoms with Crippen LogP contribution in [0, 0.1) is 11.7 Å². The normalized spacial score (nSPS) is 18.0. The Morgan fingerprint density at radius 3 is 2.96 bits per heavy atom. The van der Waals surface area contributed by atoms with Crippen LogP contribution < -0.4 is 11.1 Å². The number of nitrogens with two attached hydrogens (primary N) is 1. The molecule has 0 saturated carbocycles.